The average Bonchev–Trinajstić information content (AvgIpc) is 3.32. The molecule has 0 aromatic rings. The summed E-state index contributed by atoms with van der Waals surface area (Å²) in [5.74, 6) is 1.73. The number of nitrogens with zero attached hydrogens (tertiary/aromatic N) is 1. The molecule has 0 saturated carbocycles. The Labute approximate surface area is 424 Å². The van der Waals surface area contributed by atoms with Crippen molar-refractivity contribution < 1.29 is 28.2 Å². The van der Waals surface area contributed by atoms with Crippen LogP contribution in [0.3, 0.4) is 0 Å². The van der Waals surface area contributed by atoms with Crippen molar-refractivity contribution in [2.24, 2.45) is 5.92 Å². The fraction of sp³-hybridized carbons (Fsp3) is 0.983. The molecule has 0 saturated heterocycles. The minimum absolute atomic E-state index is 0.00273. The van der Waals surface area contributed by atoms with E-state index >= 15 is 0 Å². The molecule has 3 unspecified atom stereocenters. The summed E-state index contributed by atoms with van der Waals surface area (Å²) in [6.07, 6.45) is 47.8. The smallest absolute Gasteiger partial charge is 0.333 e. The predicted octanol–water partition coefficient (Wildman–Crippen LogP) is 17.9. The van der Waals surface area contributed by atoms with Crippen LogP contribution in [-0.4, -0.2) is 87.9 Å². The molecule has 0 radical (unpaired) electrons. The molecule has 0 spiro atoms. The monoisotopic (exact) mass is 986 g/mol. The van der Waals surface area contributed by atoms with Gasteiger partial charge >= 0.3 is 14.5 Å². The number of carbonyl (C=O) groups excluding carboxylic acids is 1. The normalized spacial score (nSPS) is 13.4. The largest absolute Gasteiger partial charge is 0.465 e. The Hall–Kier alpha value is -0.163. The summed E-state index contributed by atoms with van der Waals surface area (Å²) in [4.78, 5) is 15.6. The van der Waals surface area contributed by atoms with Crippen LogP contribution < -0.4 is 0 Å². The van der Waals surface area contributed by atoms with Crippen LogP contribution in [0.25, 0.3) is 0 Å². The minimum Gasteiger partial charge on any atom is -0.465 e. The molecule has 0 heterocycles. The molecule has 402 valence electrons. The number of aliphatic hydroxyl groups is 1. The molecule has 0 aromatic heterocycles. The zero-order valence-corrected chi connectivity index (χ0v) is 48.1. The first-order valence-corrected chi connectivity index (χ1v) is 33.7. The summed E-state index contributed by atoms with van der Waals surface area (Å²) in [6.45, 7) is 21.5. The van der Waals surface area contributed by atoms with E-state index in [4.69, 9.17) is 18.3 Å². The van der Waals surface area contributed by atoms with E-state index in [-0.39, 0.29) is 24.1 Å². The fourth-order valence-corrected chi connectivity index (χ4v) is 11.8. The third kappa shape index (κ3) is 46.7. The Morgan fingerprint density at radius 2 is 0.925 bits per heavy atom. The van der Waals surface area contributed by atoms with Crippen LogP contribution in [0.15, 0.2) is 0 Å². The molecule has 3 atom stereocenters. The van der Waals surface area contributed by atoms with Crippen LogP contribution in [-0.2, 0) is 23.1 Å². The highest BCUT2D eigenvalue weighted by molar-refractivity contribution is 8.00. The van der Waals surface area contributed by atoms with Crippen LogP contribution >= 0.6 is 11.8 Å². The number of rotatable bonds is 56. The molecule has 0 aromatic carbocycles. The summed E-state index contributed by atoms with van der Waals surface area (Å²) < 4.78 is 26.0. The van der Waals surface area contributed by atoms with E-state index in [1.165, 1.54) is 180 Å². The van der Waals surface area contributed by atoms with E-state index < -0.39 is 8.56 Å². The van der Waals surface area contributed by atoms with Crippen molar-refractivity contribution in [1.29, 1.82) is 0 Å². The highest BCUT2D eigenvalue weighted by Gasteiger charge is 2.30. The van der Waals surface area contributed by atoms with Gasteiger partial charge in [-0.05, 0) is 121 Å². The molecular formula is C58H119NO6SSi. The molecule has 0 aliphatic carbocycles. The molecule has 9 heteroatoms. The summed E-state index contributed by atoms with van der Waals surface area (Å²) in [5.41, 5.74) is 0. The SMILES string of the molecule is CCCCCCCCCCSC(CCCC)C(=O)OCCCCCCN(CCCCO)CCCCCC(OCCCCCCCC)O[Si](C)(C)OCC(CCCCCC)CCCCCCCC. The van der Waals surface area contributed by atoms with Crippen LogP contribution in [0.2, 0.25) is 13.1 Å². The molecule has 7 nitrogen and oxygen atoms in total. The number of aliphatic hydroxyl groups excluding tert-OH is 1. The summed E-state index contributed by atoms with van der Waals surface area (Å²) >= 11 is 1.84. The van der Waals surface area contributed by atoms with Gasteiger partial charge in [0.25, 0.3) is 0 Å². The van der Waals surface area contributed by atoms with Gasteiger partial charge in [0.2, 0.25) is 0 Å². The van der Waals surface area contributed by atoms with Gasteiger partial charge in [0.1, 0.15) is 11.5 Å². The van der Waals surface area contributed by atoms with Crippen molar-refractivity contribution in [1.82, 2.24) is 4.90 Å². The maximum absolute atomic E-state index is 13.0. The van der Waals surface area contributed by atoms with Crippen molar-refractivity contribution in [3.8, 4) is 0 Å². The second-order valence-electron chi connectivity index (χ2n) is 20.8. The molecule has 1 N–H and O–H groups in total. The quantitative estimate of drug-likeness (QED) is 0.0280. The molecule has 0 rings (SSSR count). The van der Waals surface area contributed by atoms with Crippen molar-refractivity contribution in [3.05, 3.63) is 0 Å². The third-order valence-corrected chi connectivity index (χ3v) is 16.7. The Morgan fingerprint density at radius 1 is 0.493 bits per heavy atom. The van der Waals surface area contributed by atoms with Gasteiger partial charge in [0.15, 0.2) is 0 Å². The van der Waals surface area contributed by atoms with Crippen molar-refractivity contribution in [2.75, 3.05) is 51.8 Å². The first kappa shape index (κ1) is 66.8. The van der Waals surface area contributed by atoms with E-state index in [2.05, 4.69) is 52.6 Å². The van der Waals surface area contributed by atoms with Gasteiger partial charge in [0, 0.05) is 19.8 Å². The maximum Gasteiger partial charge on any atom is 0.333 e. The summed E-state index contributed by atoms with van der Waals surface area (Å²) in [6, 6.07) is 0. The molecule has 0 amide bonds. The Kier molecular flexibility index (Phi) is 52.0. The van der Waals surface area contributed by atoms with Crippen molar-refractivity contribution in [3.63, 3.8) is 0 Å². The van der Waals surface area contributed by atoms with Gasteiger partial charge < -0.3 is 28.3 Å². The maximum atomic E-state index is 13.0. The van der Waals surface area contributed by atoms with Gasteiger partial charge in [-0.3, -0.25) is 4.79 Å². The van der Waals surface area contributed by atoms with E-state index in [9.17, 15) is 9.90 Å². The number of esters is 1. The van der Waals surface area contributed by atoms with Gasteiger partial charge in [-0.25, -0.2) is 0 Å². The van der Waals surface area contributed by atoms with E-state index in [1.54, 1.807) is 0 Å². The summed E-state index contributed by atoms with van der Waals surface area (Å²) in [7, 11) is -2.38. The van der Waals surface area contributed by atoms with Crippen LogP contribution in [0, 0.1) is 5.92 Å². The van der Waals surface area contributed by atoms with Gasteiger partial charge in [-0.2, -0.15) is 0 Å². The topological polar surface area (TPSA) is 77.5 Å². The van der Waals surface area contributed by atoms with Gasteiger partial charge in [0.05, 0.1) is 6.61 Å². The lowest BCUT2D eigenvalue weighted by atomic mass is 9.95. The average molecular weight is 987 g/mol. The number of unbranched alkanes of at least 4 members (excludes halogenated alkanes) is 27. The minimum atomic E-state index is -2.38. The first-order valence-electron chi connectivity index (χ1n) is 29.8. The van der Waals surface area contributed by atoms with Crippen molar-refractivity contribution >= 4 is 26.3 Å². The van der Waals surface area contributed by atoms with Gasteiger partial charge in [-0.1, -0.05) is 208 Å². The fourth-order valence-electron chi connectivity index (χ4n) is 9.11. The second-order valence-corrected chi connectivity index (χ2v) is 25.5. The molecule has 0 bridgehead atoms. The number of hydrogen-bond acceptors (Lipinski definition) is 8. The Balaban J connectivity index is 4.93. The first-order chi connectivity index (χ1) is 32.8. The molecule has 0 aliphatic rings. The highest BCUT2D eigenvalue weighted by atomic mass is 32.2. The van der Waals surface area contributed by atoms with E-state index in [0.29, 0.717) is 12.5 Å². The van der Waals surface area contributed by atoms with Crippen molar-refractivity contribution in [2.45, 2.75) is 310 Å². The van der Waals surface area contributed by atoms with Crippen LogP contribution in [0.4, 0.5) is 0 Å². The number of ether oxygens (including phenoxy) is 2. The third-order valence-electron chi connectivity index (χ3n) is 13.6. The van der Waals surface area contributed by atoms with Crippen LogP contribution in [0.5, 0.6) is 0 Å². The lowest BCUT2D eigenvalue weighted by Gasteiger charge is -2.31. The lowest BCUT2D eigenvalue weighted by molar-refractivity contribution is -0.143. The van der Waals surface area contributed by atoms with Crippen LogP contribution in [0.1, 0.15) is 285 Å². The Bertz CT molecular complexity index is 993. The summed E-state index contributed by atoms with van der Waals surface area (Å²) in [5, 5.41) is 9.50. The van der Waals surface area contributed by atoms with Gasteiger partial charge in [-0.15, -0.1) is 11.8 Å². The van der Waals surface area contributed by atoms with E-state index in [0.717, 1.165) is 109 Å². The molecule has 0 fully saturated rings. The zero-order chi connectivity index (χ0) is 49.2. The molecular weight excluding hydrogens is 867 g/mol. The standard InChI is InChI=1S/C58H119NO6SSi/c1-8-13-18-22-25-26-31-42-53-66-56(45-17-12-5)58(61)63-52-41-30-28-36-47-59(49-38-39-50-60)48-37-32-35-46-57(62-51-40-29-24-20-15-10-3)65-67(6,7)64-54-55(43-33-21-16-11-4)44-34-27-23-19-14-9-2/h55-57,60H,8-54H2,1-7H3. The number of carbonyl (C=O) groups is 1. The zero-order valence-electron chi connectivity index (χ0n) is 46.3. The second kappa shape index (κ2) is 52.2. The van der Waals surface area contributed by atoms with E-state index in [1.807, 2.05) is 11.8 Å². The number of hydrogen-bond donors (Lipinski definition) is 1. The molecule has 0 aliphatic heterocycles. The number of thioether (sulfide) groups is 1. The molecule has 67 heavy (non-hydrogen) atoms. The Morgan fingerprint density at radius 3 is 1.48 bits per heavy atom. The highest BCUT2D eigenvalue weighted by Crippen LogP contribution is 2.25. The predicted molar refractivity (Wildman–Crippen MR) is 297 cm³/mol. The lowest BCUT2D eigenvalue weighted by Crippen LogP contribution is -2.41.